The summed E-state index contributed by atoms with van der Waals surface area (Å²) in [4.78, 5) is 0. The Morgan fingerprint density at radius 1 is 1.15 bits per heavy atom. The number of hydrogen-bond acceptors (Lipinski definition) is 5. The summed E-state index contributed by atoms with van der Waals surface area (Å²) in [5.74, 6) is 0.0811. The summed E-state index contributed by atoms with van der Waals surface area (Å²) in [6.07, 6.45) is 1.45. The van der Waals surface area contributed by atoms with E-state index in [4.69, 9.17) is 4.74 Å². The van der Waals surface area contributed by atoms with Gasteiger partial charge in [0.15, 0.2) is 0 Å². The molecule has 4 atom stereocenters. The van der Waals surface area contributed by atoms with E-state index in [-0.39, 0.29) is 30.6 Å². The first-order valence-corrected chi connectivity index (χ1v) is 9.13. The average molecular weight is 357 g/mol. The molecule has 0 aromatic heterocycles. The SMILES string of the molecule is CC(NCC(O)c1ccc(O)cc1CO)C1CCC(c2ccccc2)O1. The molecule has 0 amide bonds. The van der Waals surface area contributed by atoms with E-state index in [9.17, 15) is 15.3 Å². The summed E-state index contributed by atoms with van der Waals surface area (Å²) in [6, 6.07) is 15.0. The molecule has 140 valence electrons. The fraction of sp³-hybridized carbons (Fsp3) is 0.429. The van der Waals surface area contributed by atoms with Gasteiger partial charge in [0.1, 0.15) is 5.75 Å². The molecule has 2 aromatic carbocycles. The topological polar surface area (TPSA) is 82.0 Å². The van der Waals surface area contributed by atoms with Gasteiger partial charge in [0.2, 0.25) is 0 Å². The van der Waals surface area contributed by atoms with Crippen LogP contribution < -0.4 is 5.32 Å². The number of hydrogen-bond donors (Lipinski definition) is 4. The largest absolute Gasteiger partial charge is 0.508 e. The van der Waals surface area contributed by atoms with Crippen LogP contribution in [0.15, 0.2) is 48.5 Å². The van der Waals surface area contributed by atoms with Gasteiger partial charge in [0, 0.05) is 12.6 Å². The first kappa shape index (κ1) is 18.9. The van der Waals surface area contributed by atoms with Gasteiger partial charge < -0.3 is 25.4 Å². The van der Waals surface area contributed by atoms with Gasteiger partial charge in [-0.1, -0.05) is 36.4 Å². The zero-order valence-electron chi connectivity index (χ0n) is 15.0. The molecule has 5 heteroatoms. The Balaban J connectivity index is 1.53. The maximum Gasteiger partial charge on any atom is 0.115 e. The average Bonchev–Trinajstić information content (AvgIpc) is 3.16. The molecule has 1 saturated heterocycles. The predicted molar refractivity (Wildman–Crippen MR) is 99.7 cm³/mol. The Bertz CT molecular complexity index is 706. The Morgan fingerprint density at radius 2 is 1.92 bits per heavy atom. The van der Waals surface area contributed by atoms with Crippen molar-refractivity contribution in [3.05, 3.63) is 65.2 Å². The lowest BCUT2D eigenvalue weighted by Crippen LogP contribution is -2.39. The van der Waals surface area contributed by atoms with E-state index >= 15 is 0 Å². The van der Waals surface area contributed by atoms with E-state index in [1.807, 2.05) is 18.2 Å². The lowest BCUT2D eigenvalue weighted by molar-refractivity contribution is 0.0228. The van der Waals surface area contributed by atoms with Crippen molar-refractivity contribution in [2.75, 3.05) is 6.54 Å². The predicted octanol–water partition coefficient (Wildman–Crippen LogP) is 2.82. The standard InChI is InChI=1S/C21H27NO4/c1-14(20-9-10-21(26-20)15-5-3-2-4-6-15)22-12-19(25)18-8-7-17(24)11-16(18)13-23/h2-8,11,14,19-25H,9-10,12-13H2,1H3. The van der Waals surface area contributed by atoms with Crippen LogP contribution in [0.25, 0.3) is 0 Å². The molecular weight excluding hydrogens is 330 g/mol. The smallest absolute Gasteiger partial charge is 0.115 e. The van der Waals surface area contributed by atoms with E-state index in [1.54, 1.807) is 6.07 Å². The van der Waals surface area contributed by atoms with E-state index in [0.29, 0.717) is 17.7 Å². The van der Waals surface area contributed by atoms with Crippen molar-refractivity contribution in [1.82, 2.24) is 5.32 Å². The summed E-state index contributed by atoms with van der Waals surface area (Å²) < 4.78 is 6.19. The number of rotatable bonds is 7. The molecule has 5 nitrogen and oxygen atoms in total. The second kappa shape index (κ2) is 8.64. The number of nitrogens with one attached hydrogen (secondary N) is 1. The van der Waals surface area contributed by atoms with E-state index in [1.165, 1.54) is 17.7 Å². The molecule has 0 spiro atoms. The van der Waals surface area contributed by atoms with Crippen molar-refractivity contribution in [1.29, 1.82) is 0 Å². The number of benzene rings is 2. The molecule has 1 fully saturated rings. The Morgan fingerprint density at radius 3 is 2.65 bits per heavy atom. The van der Waals surface area contributed by atoms with Gasteiger partial charge in [-0.05, 0) is 48.6 Å². The third-order valence-electron chi connectivity index (χ3n) is 5.07. The van der Waals surface area contributed by atoms with Gasteiger partial charge in [-0.2, -0.15) is 0 Å². The summed E-state index contributed by atoms with van der Waals surface area (Å²) in [5.41, 5.74) is 2.37. The molecule has 1 aliphatic rings. The molecule has 3 rings (SSSR count). The fourth-order valence-corrected chi connectivity index (χ4v) is 3.54. The van der Waals surface area contributed by atoms with Crippen molar-refractivity contribution < 1.29 is 20.1 Å². The second-order valence-electron chi connectivity index (χ2n) is 6.91. The van der Waals surface area contributed by atoms with Crippen LogP contribution >= 0.6 is 0 Å². The molecule has 1 aliphatic heterocycles. The third kappa shape index (κ3) is 4.43. The number of phenols is 1. The minimum absolute atomic E-state index is 0.0811. The minimum atomic E-state index is -0.758. The molecule has 4 N–H and O–H groups in total. The second-order valence-corrected chi connectivity index (χ2v) is 6.91. The third-order valence-corrected chi connectivity index (χ3v) is 5.07. The van der Waals surface area contributed by atoms with Crippen molar-refractivity contribution >= 4 is 0 Å². The van der Waals surface area contributed by atoms with Crippen LogP contribution in [-0.4, -0.2) is 34.0 Å². The van der Waals surface area contributed by atoms with Crippen molar-refractivity contribution in [2.24, 2.45) is 0 Å². The Hall–Kier alpha value is -1.92. The van der Waals surface area contributed by atoms with Gasteiger partial charge >= 0.3 is 0 Å². The molecule has 1 heterocycles. The monoisotopic (exact) mass is 357 g/mol. The first-order valence-electron chi connectivity index (χ1n) is 9.13. The Kier molecular flexibility index (Phi) is 6.27. The molecule has 0 radical (unpaired) electrons. The minimum Gasteiger partial charge on any atom is -0.508 e. The van der Waals surface area contributed by atoms with Crippen molar-refractivity contribution in [3.63, 3.8) is 0 Å². The maximum atomic E-state index is 10.4. The summed E-state index contributed by atoms with van der Waals surface area (Å²) >= 11 is 0. The van der Waals surface area contributed by atoms with Crippen LogP contribution in [0.5, 0.6) is 5.75 Å². The molecule has 2 aromatic rings. The number of phenolic OH excluding ortho intramolecular Hbond substituents is 1. The normalized spacial score (nSPS) is 22.3. The highest BCUT2D eigenvalue weighted by Crippen LogP contribution is 2.34. The maximum absolute atomic E-state index is 10.4. The van der Waals surface area contributed by atoms with Gasteiger partial charge in [-0.3, -0.25) is 0 Å². The van der Waals surface area contributed by atoms with Crippen LogP contribution in [0.2, 0.25) is 0 Å². The van der Waals surface area contributed by atoms with E-state index in [0.717, 1.165) is 12.8 Å². The van der Waals surface area contributed by atoms with Crippen LogP contribution in [0.4, 0.5) is 0 Å². The highest BCUT2D eigenvalue weighted by molar-refractivity contribution is 5.36. The fourth-order valence-electron chi connectivity index (χ4n) is 3.54. The zero-order chi connectivity index (χ0) is 18.5. The summed E-state index contributed by atoms with van der Waals surface area (Å²) in [6.45, 7) is 2.20. The summed E-state index contributed by atoms with van der Waals surface area (Å²) in [5, 5.41) is 32.7. The highest BCUT2D eigenvalue weighted by Gasteiger charge is 2.30. The van der Waals surface area contributed by atoms with Crippen molar-refractivity contribution in [3.8, 4) is 5.75 Å². The molecular formula is C21H27NO4. The van der Waals surface area contributed by atoms with E-state index in [2.05, 4.69) is 24.4 Å². The van der Waals surface area contributed by atoms with Crippen LogP contribution in [0, 0.1) is 0 Å². The Labute approximate surface area is 154 Å². The van der Waals surface area contributed by atoms with E-state index < -0.39 is 6.10 Å². The molecule has 26 heavy (non-hydrogen) atoms. The number of ether oxygens (including phenoxy) is 1. The lowest BCUT2D eigenvalue weighted by atomic mass is 10.0. The van der Waals surface area contributed by atoms with Gasteiger partial charge in [0.05, 0.1) is 24.9 Å². The van der Waals surface area contributed by atoms with Crippen molar-refractivity contribution in [2.45, 2.75) is 50.7 Å². The number of aromatic hydroxyl groups is 1. The molecule has 0 aliphatic carbocycles. The van der Waals surface area contributed by atoms with Gasteiger partial charge in [-0.15, -0.1) is 0 Å². The zero-order valence-corrected chi connectivity index (χ0v) is 15.0. The van der Waals surface area contributed by atoms with Crippen LogP contribution in [0.3, 0.4) is 0 Å². The summed E-state index contributed by atoms with van der Waals surface area (Å²) in [7, 11) is 0. The quantitative estimate of drug-likeness (QED) is 0.613. The first-order chi connectivity index (χ1) is 12.6. The lowest BCUT2D eigenvalue weighted by Gasteiger charge is -2.24. The molecule has 0 bridgehead atoms. The number of aliphatic hydroxyl groups excluding tert-OH is 2. The van der Waals surface area contributed by atoms with Crippen LogP contribution in [-0.2, 0) is 11.3 Å². The van der Waals surface area contributed by atoms with Gasteiger partial charge in [0.25, 0.3) is 0 Å². The highest BCUT2D eigenvalue weighted by atomic mass is 16.5. The van der Waals surface area contributed by atoms with Crippen LogP contribution in [0.1, 0.15) is 48.7 Å². The molecule has 4 unspecified atom stereocenters. The molecule has 0 saturated carbocycles. The van der Waals surface area contributed by atoms with Gasteiger partial charge in [-0.25, -0.2) is 0 Å². The number of aliphatic hydroxyl groups is 2.